The van der Waals surface area contributed by atoms with Crippen molar-refractivity contribution in [3.05, 3.63) is 68.9 Å². The number of sulfonamides is 1. The van der Waals surface area contributed by atoms with Gasteiger partial charge in [0.15, 0.2) is 0 Å². The van der Waals surface area contributed by atoms with E-state index in [4.69, 9.17) is 4.74 Å². The lowest BCUT2D eigenvalue weighted by Gasteiger charge is -2.31. The van der Waals surface area contributed by atoms with E-state index in [2.05, 4.69) is 10.3 Å². The third-order valence-electron chi connectivity index (χ3n) is 8.16. The lowest BCUT2D eigenvalue weighted by atomic mass is 9.72. The van der Waals surface area contributed by atoms with Gasteiger partial charge in [-0.15, -0.1) is 16.4 Å². The van der Waals surface area contributed by atoms with Gasteiger partial charge in [0, 0.05) is 34.9 Å². The molecule has 1 aliphatic rings. The molecule has 12 heteroatoms. The van der Waals surface area contributed by atoms with E-state index in [1.54, 1.807) is 38.1 Å². The molecule has 0 saturated carbocycles. The summed E-state index contributed by atoms with van der Waals surface area (Å²) >= 11 is 1.51. The number of rotatable bonds is 8. The summed E-state index contributed by atoms with van der Waals surface area (Å²) in [7, 11) is -3.81. The highest BCUT2D eigenvalue weighted by molar-refractivity contribution is 7.89. The fourth-order valence-electron chi connectivity index (χ4n) is 5.59. The van der Waals surface area contributed by atoms with Crippen LogP contribution in [0.15, 0.2) is 47.4 Å². The third kappa shape index (κ3) is 5.32. The molecule has 0 spiro atoms. The second-order valence-corrected chi connectivity index (χ2v) is 14.3. The molecule has 3 radical (unpaired) electrons. The molecule has 2 aromatic carbocycles. The van der Waals surface area contributed by atoms with Crippen LogP contribution in [0, 0.1) is 19.3 Å². The molecule has 42 heavy (non-hydrogen) atoms. The van der Waals surface area contributed by atoms with Gasteiger partial charge in [-0.3, -0.25) is 4.79 Å². The minimum Gasteiger partial charge on any atom is -0.488 e. The Morgan fingerprint density at radius 3 is 2.57 bits per heavy atom. The number of carboxylic acid groups (broad SMARTS) is 1. The molecular formula is C30H36N5O5S2. The van der Waals surface area contributed by atoms with E-state index in [-0.39, 0.29) is 30.2 Å². The number of carbonyl (C=O) groups is 1. The molecule has 1 N–H and O–H groups in total. The third-order valence-corrected chi connectivity index (χ3v) is 11.2. The monoisotopic (exact) mass is 610 g/mol. The predicted octanol–water partition coefficient (Wildman–Crippen LogP) is 5.25. The number of carboxylic acids is 1. The van der Waals surface area contributed by atoms with Crippen molar-refractivity contribution in [1.29, 1.82) is 0 Å². The minimum absolute atomic E-state index is 0. The van der Waals surface area contributed by atoms with Crippen molar-refractivity contribution in [2.45, 2.75) is 78.0 Å². The van der Waals surface area contributed by atoms with Crippen LogP contribution in [0.25, 0.3) is 11.0 Å². The van der Waals surface area contributed by atoms with E-state index in [1.807, 2.05) is 50.6 Å². The molecule has 0 aliphatic carbocycles. The van der Waals surface area contributed by atoms with Gasteiger partial charge in [0.1, 0.15) is 22.3 Å². The van der Waals surface area contributed by atoms with Gasteiger partial charge in [-0.25, -0.2) is 13.1 Å². The highest BCUT2D eigenvalue weighted by atomic mass is 32.2. The van der Waals surface area contributed by atoms with Gasteiger partial charge in [0.2, 0.25) is 10.0 Å². The summed E-state index contributed by atoms with van der Waals surface area (Å²) in [6, 6.07) is 12.7. The molecule has 5 rings (SSSR count). The van der Waals surface area contributed by atoms with Crippen molar-refractivity contribution in [1.82, 2.24) is 25.4 Å². The fourth-order valence-corrected chi connectivity index (χ4v) is 8.51. The van der Waals surface area contributed by atoms with E-state index < -0.39 is 27.3 Å². The van der Waals surface area contributed by atoms with Crippen molar-refractivity contribution in [2.75, 3.05) is 6.54 Å². The zero-order chi connectivity index (χ0) is 29.7. The number of benzene rings is 2. The molecule has 10 nitrogen and oxygen atoms in total. The van der Waals surface area contributed by atoms with Crippen LogP contribution >= 0.6 is 11.3 Å². The Bertz CT molecular complexity index is 1730. The number of aryl methyl sites for hydroxylation is 3. The first-order valence-corrected chi connectivity index (χ1v) is 16.1. The number of hydrogen-bond donors (Lipinski definition) is 1. The molecule has 0 fully saturated rings. The second-order valence-electron chi connectivity index (χ2n) is 11.1. The summed E-state index contributed by atoms with van der Waals surface area (Å²) in [5.74, 6) is -1.03. The van der Waals surface area contributed by atoms with Gasteiger partial charge in [0.05, 0.1) is 17.5 Å². The lowest BCUT2D eigenvalue weighted by molar-refractivity contribution is -0.147. The first kappa shape index (κ1) is 31.6. The molecule has 0 bridgehead atoms. The number of ether oxygens (including phenoxy) is 1. The molecule has 2 atom stereocenters. The smallest absolute Gasteiger partial charge is 0.310 e. The number of aliphatic carboxylic acids is 1. The van der Waals surface area contributed by atoms with Crippen LogP contribution in [0.4, 0.5) is 0 Å². The van der Waals surface area contributed by atoms with Gasteiger partial charge in [0.25, 0.3) is 0 Å². The maximum Gasteiger partial charge on any atom is 0.310 e. The topological polar surface area (TPSA) is 145 Å². The van der Waals surface area contributed by atoms with Gasteiger partial charge in [-0.05, 0) is 82.0 Å². The van der Waals surface area contributed by atoms with E-state index in [9.17, 15) is 18.3 Å². The quantitative estimate of drug-likeness (QED) is 0.287. The van der Waals surface area contributed by atoms with Crippen molar-refractivity contribution >= 4 is 38.4 Å². The second kappa shape index (κ2) is 11.8. The van der Waals surface area contributed by atoms with E-state index in [0.29, 0.717) is 18.7 Å². The van der Waals surface area contributed by atoms with Crippen LogP contribution in [0.2, 0.25) is 0 Å². The number of thiophene rings is 1. The van der Waals surface area contributed by atoms with Crippen molar-refractivity contribution < 1.29 is 23.1 Å². The Morgan fingerprint density at radius 1 is 1.19 bits per heavy atom. The highest BCUT2D eigenvalue weighted by Crippen LogP contribution is 2.47. The van der Waals surface area contributed by atoms with E-state index in [0.717, 1.165) is 37.5 Å². The average molecular weight is 611 g/mol. The standard InChI is InChI=1S/C30H36N4O5S2.N/c1-7-21-17-33(41(37,38)26-12-10-9-11-24(26)39-21)16-20-15-25(40-19(20)4)27(30(5,6)29(35)36)22-13-14-23-28(18(22)3)31-32-34(23)8-2;/h9-15,21,27H,7-8,16-17H2,1-6H3,(H,35,36);/t21-,27-;/m1./s1. The number of fused-ring (bicyclic) bond motifs is 2. The Morgan fingerprint density at radius 2 is 1.90 bits per heavy atom. The molecule has 0 unspecified atom stereocenters. The Balaban J connectivity index is 0.00000405. The zero-order valence-electron chi connectivity index (χ0n) is 24.7. The maximum atomic E-state index is 13.8. The number of para-hydroxylation sites is 1. The first-order chi connectivity index (χ1) is 19.4. The maximum absolute atomic E-state index is 13.8. The summed E-state index contributed by atoms with van der Waals surface area (Å²) in [4.78, 5) is 14.6. The fraction of sp³-hybridized carbons (Fsp3) is 0.433. The summed E-state index contributed by atoms with van der Waals surface area (Å²) in [5, 5.41) is 19.0. The van der Waals surface area contributed by atoms with Crippen molar-refractivity contribution in [3.63, 3.8) is 0 Å². The Kier molecular flexibility index (Phi) is 8.85. The largest absolute Gasteiger partial charge is 0.488 e. The number of hydrogen-bond acceptors (Lipinski definition) is 7. The highest BCUT2D eigenvalue weighted by Gasteiger charge is 2.42. The van der Waals surface area contributed by atoms with Crippen LogP contribution < -0.4 is 10.9 Å². The SMILES string of the molecule is CC[C@@H]1CN(Cc2cc([C@@H](c3ccc4c(nnn4CC)c3C)C(C)(C)C(=O)O)sc2C)S(=O)(=O)c2ccccc2O1.[N]. The van der Waals surface area contributed by atoms with Crippen LogP contribution in [-0.2, 0) is 27.9 Å². The summed E-state index contributed by atoms with van der Waals surface area (Å²) in [5.41, 5.74) is 3.12. The first-order valence-electron chi connectivity index (χ1n) is 13.8. The van der Waals surface area contributed by atoms with Crippen LogP contribution in [0.1, 0.15) is 66.5 Å². The molecule has 4 aromatic rings. The summed E-state index contributed by atoms with van der Waals surface area (Å²) in [6.07, 6.45) is 0.379. The molecule has 1 aliphatic heterocycles. The van der Waals surface area contributed by atoms with Crippen LogP contribution in [0.3, 0.4) is 0 Å². The van der Waals surface area contributed by atoms with E-state index >= 15 is 0 Å². The predicted molar refractivity (Wildman–Crippen MR) is 161 cm³/mol. The zero-order valence-corrected chi connectivity index (χ0v) is 26.3. The van der Waals surface area contributed by atoms with Gasteiger partial charge in [-0.1, -0.05) is 30.3 Å². The minimum atomic E-state index is -3.81. The molecule has 0 amide bonds. The van der Waals surface area contributed by atoms with Gasteiger partial charge >= 0.3 is 5.97 Å². The van der Waals surface area contributed by atoms with Gasteiger partial charge in [-0.2, -0.15) is 4.31 Å². The van der Waals surface area contributed by atoms with Crippen LogP contribution in [-0.4, -0.2) is 51.4 Å². The Labute approximate surface area is 250 Å². The normalized spacial score (nSPS) is 17.6. The summed E-state index contributed by atoms with van der Waals surface area (Å²) < 4.78 is 36.9. The summed E-state index contributed by atoms with van der Waals surface area (Å²) in [6.45, 7) is 12.5. The molecule has 0 saturated heterocycles. The molecule has 223 valence electrons. The number of nitrogens with zero attached hydrogens (tertiary/aromatic N) is 5. The van der Waals surface area contributed by atoms with Crippen LogP contribution in [0.5, 0.6) is 5.75 Å². The Hall–Kier alpha value is -3.32. The molecule has 3 heterocycles. The molecule has 2 aromatic heterocycles. The van der Waals surface area contributed by atoms with Gasteiger partial charge < -0.3 is 9.84 Å². The van der Waals surface area contributed by atoms with E-state index in [1.165, 1.54) is 15.6 Å². The molecular weight excluding hydrogens is 574 g/mol. The number of aromatic nitrogens is 3. The van der Waals surface area contributed by atoms with Crippen molar-refractivity contribution in [2.24, 2.45) is 5.41 Å². The van der Waals surface area contributed by atoms with Crippen molar-refractivity contribution in [3.8, 4) is 5.75 Å². The average Bonchev–Trinajstić information content (AvgIpc) is 3.49. The lowest BCUT2D eigenvalue weighted by Crippen LogP contribution is -2.36.